The molecule has 0 bridgehead atoms. The largest absolute Gasteiger partial charge is 0.507 e. The van der Waals surface area contributed by atoms with Crippen molar-refractivity contribution in [2.45, 2.75) is 33.2 Å². The Hall–Kier alpha value is -3.12. The Kier molecular flexibility index (Phi) is 7.36. The van der Waals surface area contributed by atoms with Crippen molar-refractivity contribution < 1.29 is 19.4 Å². The lowest BCUT2D eigenvalue weighted by molar-refractivity contribution is -0.139. The molecule has 0 saturated carbocycles. The summed E-state index contributed by atoms with van der Waals surface area (Å²) in [4.78, 5) is 29.7. The zero-order chi connectivity index (χ0) is 23.4. The van der Waals surface area contributed by atoms with E-state index in [4.69, 9.17) is 4.74 Å². The van der Waals surface area contributed by atoms with Crippen LogP contribution in [0, 0.1) is 13.8 Å². The highest BCUT2D eigenvalue weighted by Crippen LogP contribution is 2.40. The van der Waals surface area contributed by atoms with Gasteiger partial charge in [0.1, 0.15) is 11.5 Å². The second-order valence-corrected chi connectivity index (χ2v) is 8.47. The Morgan fingerprint density at radius 3 is 2.38 bits per heavy atom. The third kappa shape index (κ3) is 4.86. The number of carbonyl (C=O) groups excluding carboxylic acids is 2. The average molecular weight is 437 g/mol. The van der Waals surface area contributed by atoms with E-state index in [9.17, 15) is 14.7 Å². The summed E-state index contributed by atoms with van der Waals surface area (Å²) in [6.45, 7) is 7.51. The van der Waals surface area contributed by atoms with Gasteiger partial charge in [0.2, 0.25) is 0 Å². The molecule has 6 nitrogen and oxygen atoms in total. The Morgan fingerprint density at radius 1 is 1.09 bits per heavy atom. The number of hydrogen-bond donors (Lipinski definition) is 1. The van der Waals surface area contributed by atoms with E-state index < -0.39 is 17.7 Å². The molecule has 1 aliphatic heterocycles. The number of nitrogens with zero attached hydrogens (tertiary/aromatic N) is 2. The van der Waals surface area contributed by atoms with Gasteiger partial charge in [0, 0.05) is 12.1 Å². The summed E-state index contributed by atoms with van der Waals surface area (Å²) < 4.78 is 5.54. The summed E-state index contributed by atoms with van der Waals surface area (Å²) in [5.41, 5.74) is 3.33. The normalized spacial score (nSPS) is 17.9. The minimum atomic E-state index is -0.647. The Morgan fingerprint density at radius 2 is 1.78 bits per heavy atom. The fraction of sp³-hybridized carbons (Fsp3) is 0.385. The van der Waals surface area contributed by atoms with Gasteiger partial charge in [-0.05, 0) is 77.2 Å². The van der Waals surface area contributed by atoms with Crippen LogP contribution in [0.25, 0.3) is 5.76 Å². The summed E-state index contributed by atoms with van der Waals surface area (Å²) >= 11 is 0. The van der Waals surface area contributed by atoms with Gasteiger partial charge in [-0.2, -0.15) is 0 Å². The van der Waals surface area contributed by atoms with E-state index >= 15 is 0 Å². The lowest BCUT2D eigenvalue weighted by atomic mass is 9.93. The molecular formula is C26H32N2O4. The molecule has 0 aromatic heterocycles. The van der Waals surface area contributed by atoms with E-state index in [1.54, 1.807) is 17.0 Å². The minimum Gasteiger partial charge on any atom is -0.507 e. The number of benzene rings is 2. The van der Waals surface area contributed by atoms with Gasteiger partial charge in [0.05, 0.1) is 18.2 Å². The number of likely N-dealkylation sites (tertiary alicyclic amines) is 1. The van der Waals surface area contributed by atoms with Gasteiger partial charge in [-0.25, -0.2) is 0 Å². The van der Waals surface area contributed by atoms with E-state index in [1.807, 2.05) is 70.1 Å². The zero-order valence-corrected chi connectivity index (χ0v) is 19.5. The first-order valence-corrected chi connectivity index (χ1v) is 11.0. The summed E-state index contributed by atoms with van der Waals surface area (Å²) in [5, 5.41) is 11.3. The van der Waals surface area contributed by atoms with Crippen LogP contribution in [0.15, 0.2) is 48.0 Å². The third-order valence-corrected chi connectivity index (χ3v) is 5.70. The molecule has 1 fully saturated rings. The number of amides is 1. The number of aryl methyl sites for hydroxylation is 2. The van der Waals surface area contributed by atoms with Crippen LogP contribution in [0.3, 0.4) is 0 Å². The molecule has 2 aromatic rings. The highest BCUT2D eigenvalue weighted by molar-refractivity contribution is 6.46. The van der Waals surface area contributed by atoms with Crippen LogP contribution in [-0.2, 0) is 9.59 Å². The van der Waals surface area contributed by atoms with Crippen molar-refractivity contribution in [2.24, 2.45) is 0 Å². The van der Waals surface area contributed by atoms with Crippen LogP contribution in [-0.4, -0.2) is 60.4 Å². The Labute approximate surface area is 190 Å². The molecule has 1 saturated heterocycles. The highest BCUT2D eigenvalue weighted by atomic mass is 16.5. The Balaban J connectivity index is 2.09. The number of Topliss-reactive ketones (excluding diaryl/α,β-unsaturated/α-hetero) is 1. The summed E-state index contributed by atoms with van der Waals surface area (Å²) in [5.74, 6) is -0.670. The van der Waals surface area contributed by atoms with Gasteiger partial charge >= 0.3 is 0 Å². The van der Waals surface area contributed by atoms with Crippen molar-refractivity contribution in [1.29, 1.82) is 0 Å². The van der Waals surface area contributed by atoms with Crippen LogP contribution >= 0.6 is 0 Å². The lowest BCUT2D eigenvalue weighted by Crippen LogP contribution is -2.32. The summed E-state index contributed by atoms with van der Waals surface area (Å²) in [6, 6.07) is 12.5. The van der Waals surface area contributed by atoms with Gasteiger partial charge < -0.3 is 19.6 Å². The summed E-state index contributed by atoms with van der Waals surface area (Å²) in [6.07, 6.45) is 0.727. The van der Waals surface area contributed by atoms with Gasteiger partial charge in [-0.1, -0.05) is 29.8 Å². The molecule has 1 N–H and O–H groups in total. The average Bonchev–Trinajstić information content (AvgIpc) is 2.99. The number of rotatable bonds is 8. The van der Waals surface area contributed by atoms with E-state index in [1.165, 1.54) is 0 Å². The molecule has 1 amide bonds. The SMILES string of the molecule is CCOc1ccc(/C(O)=C2\C(=O)C(=O)N(CCCN(C)C)C2c2ccc(C)cc2)c(C)c1. The first-order chi connectivity index (χ1) is 15.2. The fourth-order valence-electron chi connectivity index (χ4n) is 4.07. The maximum absolute atomic E-state index is 13.1. The number of carbonyl (C=O) groups is 2. The monoisotopic (exact) mass is 436 g/mol. The van der Waals surface area contributed by atoms with E-state index in [2.05, 4.69) is 0 Å². The topological polar surface area (TPSA) is 70.1 Å². The second kappa shape index (κ2) is 10.0. The fourth-order valence-corrected chi connectivity index (χ4v) is 4.07. The Bertz CT molecular complexity index is 1020. The molecule has 1 unspecified atom stereocenters. The number of hydrogen-bond acceptors (Lipinski definition) is 5. The highest BCUT2D eigenvalue weighted by Gasteiger charge is 2.45. The molecular weight excluding hydrogens is 404 g/mol. The smallest absolute Gasteiger partial charge is 0.295 e. The van der Waals surface area contributed by atoms with Crippen LogP contribution in [0.4, 0.5) is 0 Å². The molecule has 6 heteroatoms. The van der Waals surface area contributed by atoms with Gasteiger partial charge in [-0.15, -0.1) is 0 Å². The van der Waals surface area contributed by atoms with Crippen molar-refractivity contribution in [3.05, 3.63) is 70.3 Å². The predicted molar refractivity (Wildman–Crippen MR) is 126 cm³/mol. The standard InChI is InChI=1S/C26H32N2O4/c1-6-32-20-12-13-21(18(3)16-20)24(29)22-23(19-10-8-17(2)9-11-19)28(26(31)25(22)30)15-7-14-27(4)5/h8-13,16,23,29H,6-7,14-15H2,1-5H3/b24-22+. The summed E-state index contributed by atoms with van der Waals surface area (Å²) in [7, 11) is 3.94. The molecule has 0 radical (unpaired) electrons. The molecule has 1 heterocycles. The maximum atomic E-state index is 13.1. The van der Waals surface area contributed by atoms with E-state index in [-0.39, 0.29) is 11.3 Å². The number of ether oxygens (including phenoxy) is 1. The number of ketones is 1. The molecule has 32 heavy (non-hydrogen) atoms. The quantitative estimate of drug-likeness (QED) is 0.384. The van der Waals surface area contributed by atoms with Gasteiger partial charge in [0.15, 0.2) is 0 Å². The molecule has 0 aliphatic carbocycles. The first kappa shape index (κ1) is 23.5. The van der Waals surface area contributed by atoms with Crippen molar-refractivity contribution in [3.63, 3.8) is 0 Å². The van der Waals surface area contributed by atoms with Crippen LogP contribution in [0.2, 0.25) is 0 Å². The predicted octanol–water partition coefficient (Wildman–Crippen LogP) is 4.08. The van der Waals surface area contributed by atoms with Crippen LogP contribution in [0.5, 0.6) is 5.75 Å². The van der Waals surface area contributed by atoms with Crippen molar-refractivity contribution >= 4 is 17.4 Å². The van der Waals surface area contributed by atoms with E-state index in [0.29, 0.717) is 24.5 Å². The molecule has 1 aliphatic rings. The molecule has 1 atom stereocenters. The zero-order valence-electron chi connectivity index (χ0n) is 19.5. The first-order valence-electron chi connectivity index (χ1n) is 11.0. The molecule has 0 spiro atoms. The molecule has 3 rings (SSSR count). The van der Waals surface area contributed by atoms with Crippen LogP contribution in [0.1, 0.15) is 41.6 Å². The molecule has 2 aromatic carbocycles. The minimum absolute atomic E-state index is 0.135. The van der Waals surface area contributed by atoms with Gasteiger partial charge in [0.25, 0.3) is 11.7 Å². The molecule has 170 valence electrons. The number of aliphatic hydroxyl groups excluding tert-OH is 1. The van der Waals surface area contributed by atoms with E-state index in [0.717, 1.165) is 29.7 Å². The lowest BCUT2D eigenvalue weighted by Gasteiger charge is -2.26. The third-order valence-electron chi connectivity index (χ3n) is 5.70. The van der Waals surface area contributed by atoms with Crippen molar-refractivity contribution in [3.8, 4) is 5.75 Å². The van der Waals surface area contributed by atoms with Gasteiger partial charge in [-0.3, -0.25) is 9.59 Å². The van der Waals surface area contributed by atoms with Crippen molar-refractivity contribution in [1.82, 2.24) is 9.80 Å². The van der Waals surface area contributed by atoms with Crippen LogP contribution < -0.4 is 4.74 Å². The maximum Gasteiger partial charge on any atom is 0.295 e. The second-order valence-electron chi connectivity index (χ2n) is 8.47. The number of aliphatic hydroxyl groups is 1. The van der Waals surface area contributed by atoms with Crippen molar-refractivity contribution in [2.75, 3.05) is 33.8 Å².